The Kier molecular flexibility index (Phi) is 2.21. The number of fused-ring (bicyclic) bond motifs is 4. The molecule has 3 aliphatic carbocycles. The third kappa shape index (κ3) is 1.48. The van der Waals surface area contributed by atoms with Crippen molar-refractivity contribution in [1.29, 1.82) is 0 Å². The number of nitrogens with zero attached hydrogens (tertiary/aromatic N) is 1. The summed E-state index contributed by atoms with van der Waals surface area (Å²) < 4.78 is 0. The molecule has 0 amide bonds. The van der Waals surface area contributed by atoms with Gasteiger partial charge in [-0.1, -0.05) is 30.3 Å². The Morgan fingerprint density at radius 3 is 2.70 bits per heavy atom. The number of H-pyrrole nitrogens is 1. The number of nitrogens with one attached hydrogen (secondary N) is 1. The molecule has 2 fully saturated rings. The second-order valence-corrected chi connectivity index (χ2v) is 7.08. The van der Waals surface area contributed by atoms with Gasteiger partial charge in [0.25, 0.3) is 0 Å². The fourth-order valence-electron chi connectivity index (χ4n) is 5.22. The van der Waals surface area contributed by atoms with E-state index < -0.39 is 0 Å². The van der Waals surface area contributed by atoms with Gasteiger partial charge in [-0.25, -0.2) is 0 Å². The molecular formula is C18H20N2. The Bertz CT molecular complexity index is 643. The summed E-state index contributed by atoms with van der Waals surface area (Å²) in [5, 5.41) is 8.13. The van der Waals surface area contributed by atoms with Crippen molar-refractivity contribution in [3.8, 4) is 11.3 Å². The monoisotopic (exact) mass is 264 g/mol. The van der Waals surface area contributed by atoms with Gasteiger partial charge in [-0.05, 0) is 49.9 Å². The Hall–Kier alpha value is -1.57. The predicted octanol–water partition coefficient (Wildman–Crippen LogP) is 4.15. The van der Waals surface area contributed by atoms with Crippen LogP contribution in [0.3, 0.4) is 0 Å². The van der Waals surface area contributed by atoms with Crippen LogP contribution in [0.4, 0.5) is 0 Å². The lowest BCUT2D eigenvalue weighted by molar-refractivity contribution is 0.261. The van der Waals surface area contributed by atoms with E-state index in [1.807, 2.05) is 0 Å². The topological polar surface area (TPSA) is 28.7 Å². The van der Waals surface area contributed by atoms with Crippen molar-refractivity contribution in [2.45, 2.75) is 38.0 Å². The largest absolute Gasteiger partial charge is 0.281 e. The van der Waals surface area contributed by atoms with Crippen molar-refractivity contribution in [3.63, 3.8) is 0 Å². The zero-order chi connectivity index (χ0) is 13.1. The molecule has 1 aromatic carbocycles. The van der Waals surface area contributed by atoms with Gasteiger partial charge in [-0.3, -0.25) is 5.10 Å². The quantitative estimate of drug-likeness (QED) is 0.823. The highest BCUT2D eigenvalue weighted by Gasteiger charge is 2.45. The van der Waals surface area contributed by atoms with E-state index in [4.69, 9.17) is 5.10 Å². The summed E-state index contributed by atoms with van der Waals surface area (Å²) in [6.45, 7) is 0. The van der Waals surface area contributed by atoms with Crippen LogP contribution in [0.5, 0.6) is 0 Å². The van der Waals surface area contributed by atoms with Gasteiger partial charge in [0, 0.05) is 22.7 Å². The minimum Gasteiger partial charge on any atom is -0.281 e. The summed E-state index contributed by atoms with van der Waals surface area (Å²) in [6.07, 6.45) is 7.05. The summed E-state index contributed by atoms with van der Waals surface area (Å²) in [6, 6.07) is 10.7. The first kappa shape index (κ1) is 11.1. The van der Waals surface area contributed by atoms with Crippen LogP contribution in [0, 0.1) is 17.8 Å². The zero-order valence-corrected chi connectivity index (χ0v) is 11.7. The summed E-state index contributed by atoms with van der Waals surface area (Å²) in [4.78, 5) is 0. The van der Waals surface area contributed by atoms with Crippen LogP contribution in [0.1, 0.15) is 42.9 Å². The number of aromatic amines is 1. The predicted molar refractivity (Wildman–Crippen MR) is 79.4 cm³/mol. The molecule has 0 spiro atoms. The maximum Gasteiger partial charge on any atom is 0.0955 e. The number of rotatable bonds is 1. The summed E-state index contributed by atoms with van der Waals surface area (Å²) in [7, 11) is 0. The Morgan fingerprint density at radius 2 is 1.80 bits per heavy atom. The lowest BCUT2D eigenvalue weighted by Crippen LogP contribution is -2.17. The molecule has 2 heteroatoms. The number of hydrogen-bond acceptors (Lipinski definition) is 1. The molecule has 0 radical (unpaired) electrons. The highest BCUT2D eigenvalue weighted by Crippen LogP contribution is 2.56. The highest BCUT2D eigenvalue weighted by molar-refractivity contribution is 5.64. The summed E-state index contributed by atoms with van der Waals surface area (Å²) >= 11 is 0. The van der Waals surface area contributed by atoms with Gasteiger partial charge in [0.05, 0.1) is 5.69 Å². The minimum absolute atomic E-state index is 0.771. The first-order valence-electron chi connectivity index (χ1n) is 8.01. The first-order chi connectivity index (χ1) is 9.88. The van der Waals surface area contributed by atoms with E-state index in [2.05, 4.69) is 35.4 Å². The molecule has 1 heterocycles. The number of benzene rings is 1. The molecule has 1 N–H and O–H groups in total. The second kappa shape index (κ2) is 3.97. The van der Waals surface area contributed by atoms with Crippen molar-refractivity contribution >= 4 is 0 Å². The molecule has 2 unspecified atom stereocenters. The van der Waals surface area contributed by atoms with Gasteiger partial charge in [0.1, 0.15) is 0 Å². The van der Waals surface area contributed by atoms with Gasteiger partial charge in [-0.2, -0.15) is 5.10 Å². The maximum atomic E-state index is 4.70. The average molecular weight is 264 g/mol. The molecule has 102 valence electrons. The van der Waals surface area contributed by atoms with Crippen molar-refractivity contribution in [1.82, 2.24) is 10.2 Å². The van der Waals surface area contributed by atoms with Crippen LogP contribution in [-0.4, -0.2) is 10.2 Å². The average Bonchev–Trinajstić information content (AvgIpc) is 2.97. The van der Waals surface area contributed by atoms with E-state index in [0.717, 1.165) is 23.7 Å². The molecule has 2 saturated carbocycles. The van der Waals surface area contributed by atoms with Gasteiger partial charge in [-0.15, -0.1) is 0 Å². The van der Waals surface area contributed by atoms with Gasteiger partial charge < -0.3 is 0 Å². The fraction of sp³-hybridized carbons (Fsp3) is 0.500. The molecule has 0 aliphatic heterocycles. The third-order valence-electron chi connectivity index (χ3n) is 5.91. The van der Waals surface area contributed by atoms with Crippen LogP contribution in [0.2, 0.25) is 0 Å². The molecular weight excluding hydrogens is 244 g/mol. The minimum atomic E-state index is 0.771. The number of hydrogen-bond donors (Lipinski definition) is 1. The first-order valence-corrected chi connectivity index (χ1v) is 8.01. The molecule has 20 heavy (non-hydrogen) atoms. The molecule has 1 aromatic heterocycles. The smallest absolute Gasteiger partial charge is 0.0955 e. The van der Waals surface area contributed by atoms with Crippen molar-refractivity contribution in [2.75, 3.05) is 0 Å². The van der Waals surface area contributed by atoms with Gasteiger partial charge >= 0.3 is 0 Å². The van der Waals surface area contributed by atoms with E-state index in [-0.39, 0.29) is 0 Å². The van der Waals surface area contributed by atoms with E-state index in [9.17, 15) is 0 Å². The molecule has 0 saturated heterocycles. The molecule has 2 aromatic rings. The van der Waals surface area contributed by atoms with Crippen LogP contribution in [-0.2, 0) is 6.42 Å². The van der Waals surface area contributed by atoms with Gasteiger partial charge in [0.15, 0.2) is 0 Å². The summed E-state index contributed by atoms with van der Waals surface area (Å²) in [5.41, 5.74) is 5.52. The van der Waals surface area contributed by atoms with Crippen LogP contribution < -0.4 is 0 Å². The van der Waals surface area contributed by atoms with Crippen LogP contribution in [0.15, 0.2) is 30.3 Å². The maximum absolute atomic E-state index is 4.70. The van der Waals surface area contributed by atoms with E-state index in [1.54, 1.807) is 0 Å². The highest BCUT2D eigenvalue weighted by atomic mass is 15.1. The second-order valence-electron chi connectivity index (χ2n) is 7.08. The van der Waals surface area contributed by atoms with Crippen LogP contribution in [0.25, 0.3) is 11.3 Å². The molecule has 3 aliphatic rings. The SMILES string of the molecule is c1ccc(-c2n[nH]c3c2CC2CC4C[C@H](C2)C[C@@H]34)cc1. The number of aromatic nitrogens is 2. The Morgan fingerprint density at radius 1 is 0.950 bits per heavy atom. The Labute approximate surface area is 119 Å². The Balaban J connectivity index is 1.66. The van der Waals surface area contributed by atoms with Gasteiger partial charge in [0.2, 0.25) is 0 Å². The van der Waals surface area contributed by atoms with Crippen molar-refractivity contribution in [2.24, 2.45) is 17.8 Å². The lowest BCUT2D eigenvalue weighted by atomic mass is 9.79. The standard InChI is InChI=1S/C18H20N2/c1-2-4-13(5-3-1)17-16-10-12-6-11-7-14(8-12)15(9-11)18(16)20-19-17/h1-5,11-12,14-15H,6-10H2,(H,19,20)/t11-,12?,14?,15+/m0/s1. The van der Waals surface area contributed by atoms with E-state index in [0.29, 0.717) is 0 Å². The van der Waals surface area contributed by atoms with Crippen molar-refractivity contribution < 1.29 is 0 Å². The van der Waals surface area contributed by atoms with Crippen LogP contribution >= 0.6 is 0 Å². The molecule has 4 atom stereocenters. The van der Waals surface area contributed by atoms with Crippen molar-refractivity contribution in [3.05, 3.63) is 41.6 Å². The van der Waals surface area contributed by atoms with E-state index >= 15 is 0 Å². The molecule has 3 bridgehead atoms. The zero-order valence-electron chi connectivity index (χ0n) is 11.7. The lowest BCUT2D eigenvalue weighted by Gasteiger charge is -2.26. The summed E-state index contributed by atoms with van der Waals surface area (Å²) in [5.74, 6) is 3.61. The normalized spacial score (nSPS) is 34.0. The fourth-order valence-corrected chi connectivity index (χ4v) is 5.22. The third-order valence-corrected chi connectivity index (χ3v) is 5.91. The molecule has 5 rings (SSSR count). The van der Waals surface area contributed by atoms with E-state index in [1.165, 1.54) is 54.6 Å². The molecule has 2 nitrogen and oxygen atoms in total.